The topological polar surface area (TPSA) is 125 Å². The van der Waals surface area contributed by atoms with Gasteiger partial charge in [0.25, 0.3) is 5.69 Å². The lowest BCUT2D eigenvalue weighted by atomic mass is 10.0. The van der Waals surface area contributed by atoms with Gasteiger partial charge in [0.2, 0.25) is 0 Å². The third-order valence-electron chi connectivity index (χ3n) is 3.23. The van der Waals surface area contributed by atoms with Crippen LogP contribution < -0.4 is 5.32 Å². The van der Waals surface area contributed by atoms with E-state index in [4.69, 9.17) is 4.74 Å². The molecule has 4 atom stereocenters. The second-order valence-corrected chi connectivity index (χ2v) is 4.70. The van der Waals surface area contributed by atoms with Gasteiger partial charge in [-0.05, 0) is 12.5 Å². The third-order valence-corrected chi connectivity index (χ3v) is 3.23. The van der Waals surface area contributed by atoms with Gasteiger partial charge < -0.3 is 25.4 Å². The molecule has 1 aromatic rings. The minimum Gasteiger partial charge on any atom is -0.388 e. The number of aliphatic hydroxyl groups excluding tert-OH is 3. The molecule has 0 aromatic heterocycles. The highest BCUT2D eigenvalue weighted by molar-refractivity contribution is 5.57. The summed E-state index contributed by atoms with van der Waals surface area (Å²) in [6.07, 6.45) is -4.78. The van der Waals surface area contributed by atoms with Crippen LogP contribution in [0.25, 0.3) is 0 Å². The van der Waals surface area contributed by atoms with Crippen molar-refractivity contribution in [3.05, 3.63) is 33.9 Å². The number of hydrogen-bond acceptors (Lipinski definition) is 7. The van der Waals surface area contributed by atoms with E-state index in [-0.39, 0.29) is 12.3 Å². The lowest BCUT2D eigenvalue weighted by Gasteiger charge is -2.36. The maximum Gasteiger partial charge on any atom is 0.271 e. The summed E-state index contributed by atoms with van der Waals surface area (Å²) in [7, 11) is 0. The first-order valence-corrected chi connectivity index (χ1v) is 6.07. The Morgan fingerprint density at radius 1 is 1.35 bits per heavy atom. The van der Waals surface area contributed by atoms with Gasteiger partial charge in [-0.15, -0.1) is 0 Å². The molecule has 4 N–H and O–H groups in total. The van der Waals surface area contributed by atoms with E-state index in [0.29, 0.717) is 5.69 Å². The fraction of sp³-hybridized carbons (Fsp3) is 0.500. The van der Waals surface area contributed by atoms with Gasteiger partial charge >= 0.3 is 0 Å². The Labute approximate surface area is 114 Å². The fourth-order valence-corrected chi connectivity index (χ4v) is 1.97. The highest BCUT2D eigenvalue weighted by atomic mass is 16.6. The summed E-state index contributed by atoms with van der Waals surface area (Å²) in [6, 6.07) is 4.26. The molecule has 20 heavy (non-hydrogen) atoms. The molecule has 2 rings (SSSR count). The predicted molar refractivity (Wildman–Crippen MR) is 69.2 cm³/mol. The molecule has 1 aromatic carbocycles. The molecule has 1 fully saturated rings. The Morgan fingerprint density at radius 2 is 2.05 bits per heavy atom. The van der Waals surface area contributed by atoms with E-state index in [0.717, 1.165) is 5.56 Å². The van der Waals surface area contributed by atoms with E-state index in [9.17, 15) is 25.4 Å². The number of non-ortho nitro benzene ring substituents is 1. The van der Waals surface area contributed by atoms with Gasteiger partial charge in [0, 0.05) is 17.8 Å². The smallest absolute Gasteiger partial charge is 0.271 e. The number of ether oxygens (including phenoxy) is 1. The molecule has 0 saturated carbocycles. The van der Waals surface area contributed by atoms with Gasteiger partial charge in [-0.25, -0.2) is 0 Å². The highest BCUT2D eigenvalue weighted by Gasteiger charge is 2.37. The average Bonchev–Trinajstić information content (AvgIpc) is 2.41. The van der Waals surface area contributed by atoms with E-state index in [2.05, 4.69) is 5.32 Å². The molecule has 1 aliphatic heterocycles. The SMILES string of the molecule is Cc1ccc([N+](=O)[O-])cc1N[C@H]1OC[C@H](O)[C@@H](O)[C@@H]1O. The summed E-state index contributed by atoms with van der Waals surface area (Å²) in [4.78, 5) is 10.2. The Balaban J connectivity index is 2.17. The molecule has 1 saturated heterocycles. The summed E-state index contributed by atoms with van der Waals surface area (Å²) in [6.45, 7) is 1.61. The summed E-state index contributed by atoms with van der Waals surface area (Å²) < 4.78 is 5.19. The van der Waals surface area contributed by atoms with Crippen LogP contribution in [0, 0.1) is 17.0 Å². The monoisotopic (exact) mass is 284 g/mol. The Kier molecular flexibility index (Phi) is 4.19. The fourth-order valence-electron chi connectivity index (χ4n) is 1.97. The molecule has 0 bridgehead atoms. The van der Waals surface area contributed by atoms with Crippen molar-refractivity contribution in [2.24, 2.45) is 0 Å². The lowest BCUT2D eigenvalue weighted by Crippen LogP contribution is -2.55. The first-order valence-electron chi connectivity index (χ1n) is 6.07. The van der Waals surface area contributed by atoms with E-state index < -0.39 is 29.5 Å². The van der Waals surface area contributed by atoms with Crippen molar-refractivity contribution < 1.29 is 25.0 Å². The molecular formula is C12H16N2O6. The van der Waals surface area contributed by atoms with Crippen molar-refractivity contribution in [1.82, 2.24) is 0 Å². The average molecular weight is 284 g/mol. The van der Waals surface area contributed by atoms with Crippen LogP contribution in [0.4, 0.5) is 11.4 Å². The zero-order chi connectivity index (χ0) is 14.9. The Hall–Kier alpha value is -1.74. The molecule has 0 radical (unpaired) electrons. The maximum absolute atomic E-state index is 10.7. The van der Waals surface area contributed by atoms with Crippen LogP contribution in [0.3, 0.4) is 0 Å². The summed E-state index contributed by atoms with van der Waals surface area (Å²) in [5, 5.41) is 42.3. The van der Waals surface area contributed by atoms with Crippen LogP contribution in [-0.2, 0) is 4.74 Å². The van der Waals surface area contributed by atoms with Crippen LogP contribution in [0.5, 0.6) is 0 Å². The van der Waals surface area contributed by atoms with E-state index >= 15 is 0 Å². The first kappa shape index (κ1) is 14.7. The third kappa shape index (κ3) is 2.88. The number of nitrogens with one attached hydrogen (secondary N) is 1. The van der Waals surface area contributed by atoms with Crippen molar-refractivity contribution in [2.75, 3.05) is 11.9 Å². The van der Waals surface area contributed by atoms with Crippen LogP contribution in [0.15, 0.2) is 18.2 Å². The number of anilines is 1. The molecule has 0 amide bonds. The van der Waals surface area contributed by atoms with Gasteiger partial charge in [0.1, 0.15) is 18.3 Å². The van der Waals surface area contributed by atoms with Crippen molar-refractivity contribution in [3.8, 4) is 0 Å². The van der Waals surface area contributed by atoms with Gasteiger partial charge in [-0.3, -0.25) is 10.1 Å². The number of aryl methyl sites for hydroxylation is 1. The minimum absolute atomic E-state index is 0.0935. The number of aliphatic hydroxyl groups is 3. The Bertz CT molecular complexity index is 509. The van der Waals surface area contributed by atoms with Crippen LogP contribution >= 0.6 is 0 Å². The molecule has 110 valence electrons. The molecule has 0 unspecified atom stereocenters. The molecule has 0 spiro atoms. The van der Waals surface area contributed by atoms with Gasteiger partial charge in [0.15, 0.2) is 6.23 Å². The van der Waals surface area contributed by atoms with Gasteiger partial charge in [-0.2, -0.15) is 0 Å². The van der Waals surface area contributed by atoms with E-state index in [1.54, 1.807) is 13.0 Å². The maximum atomic E-state index is 10.7. The standard InChI is InChI=1S/C12H16N2O6/c1-6-2-3-7(14(18)19)4-8(6)13-12-11(17)10(16)9(15)5-20-12/h2-4,9-13,15-17H,5H2,1H3/t9-,10+,11-,12-/m0/s1. The summed E-state index contributed by atoms with van der Waals surface area (Å²) in [5.74, 6) is 0. The first-order chi connectivity index (χ1) is 9.40. The second kappa shape index (κ2) is 5.71. The second-order valence-electron chi connectivity index (χ2n) is 4.70. The van der Waals surface area contributed by atoms with Crippen LogP contribution in [0.1, 0.15) is 5.56 Å². The number of benzene rings is 1. The normalized spacial score (nSPS) is 30.0. The molecule has 8 heteroatoms. The molecule has 0 aliphatic carbocycles. The lowest BCUT2D eigenvalue weighted by molar-refractivity contribution is -0.384. The van der Waals surface area contributed by atoms with Crippen LogP contribution in [-0.4, -0.2) is 51.4 Å². The van der Waals surface area contributed by atoms with Crippen molar-refractivity contribution in [3.63, 3.8) is 0 Å². The highest BCUT2D eigenvalue weighted by Crippen LogP contribution is 2.25. The molecular weight excluding hydrogens is 268 g/mol. The zero-order valence-corrected chi connectivity index (χ0v) is 10.8. The van der Waals surface area contributed by atoms with Crippen molar-refractivity contribution in [2.45, 2.75) is 31.5 Å². The summed E-state index contributed by atoms with van der Waals surface area (Å²) in [5.41, 5.74) is 1.06. The molecule has 1 aliphatic rings. The predicted octanol–water partition coefficient (Wildman–Crippen LogP) is -0.246. The zero-order valence-electron chi connectivity index (χ0n) is 10.8. The van der Waals surface area contributed by atoms with Crippen molar-refractivity contribution in [1.29, 1.82) is 0 Å². The largest absolute Gasteiger partial charge is 0.388 e. The minimum atomic E-state index is -1.34. The molecule has 1 heterocycles. The number of rotatable bonds is 3. The van der Waals surface area contributed by atoms with E-state index in [1.807, 2.05) is 0 Å². The number of nitro groups is 1. The van der Waals surface area contributed by atoms with Crippen LogP contribution in [0.2, 0.25) is 0 Å². The van der Waals surface area contributed by atoms with E-state index in [1.165, 1.54) is 12.1 Å². The van der Waals surface area contributed by atoms with Gasteiger partial charge in [-0.1, -0.05) is 6.07 Å². The quantitative estimate of drug-likeness (QED) is 0.445. The van der Waals surface area contributed by atoms with Gasteiger partial charge in [0.05, 0.1) is 11.5 Å². The van der Waals surface area contributed by atoms with Crippen molar-refractivity contribution >= 4 is 11.4 Å². The number of nitro benzene ring substituents is 1. The summed E-state index contributed by atoms with van der Waals surface area (Å²) >= 11 is 0. The molecule has 8 nitrogen and oxygen atoms in total. The Morgan fingerprint density at radius 3 is 2.70 bits per heavy atom. The number of nitrogens with zero attached hydrogens (tertiary/aromatic N) is 1. The number of hydrogen-bond donors (Lipinski definition) is 4.